The minimum absolute atomic E-state index is 0.170. The number of hydrogen-bond donors (Lipinski definition) is 2. The fourth-order valence-corrected chi connectivity index (χ4v) is 6.55. The van der Waals surface area contributed by atoms with E-state index < -0.39 is 34.4 Å². The molecule has 2 aromatic heterocycles. The van der Waals surface area contributed by atoms with Crippen molar-refractivity contribution in [2.24, 2.45) is 0 Å². The molecular weight excluding hydrogens is 584 g/mol. The number of carbonyl (C=O) groups excluding carboxylic acids is 3. The van der Waals surface area contributed by atoms with E-state index in [1.807, 2.05) is 6.92 Å². The summed E-state index contributed by atoms with van der Waals surface area (Å²) in [7, 11) is 1.56. The van der Waals surface area contributed by atoms with Gasteiger partial charge in [0.2, 0.25) is 11.6 Å². The Labute approximate surface area is 251 Å². The molecule has 3 aromatic rings. The number of aromatic amines is 1. The molecule has 2 N–H and O–H groups in total. The predicted molar refractivity (Wildman–Crippen MR) is 157 cm³/mol. The highest BCUT2D eigenvalue weighted by molar-refractivity contribution is 8.00. The maximum Gasteiger partial charge on any atom is 0.442 e. The molecule has 1 atom stereocenters. The number of hydrogen-bond acceptors (Lipinski definition) is 10. The second kappa shape index (κ2) is 13.0. The van der Waals surface area contributed by atoms with E-state index in [-0.39, 0.29) is 18.2 Å². The van der Waals surface area contributed by atoms with Gasteiger partial charge < -0.3 is 24.4 Å². The summed E-state index contributed by atoms with van der Waals surface area (Å²) in [5, 5.41) is 5.32. The molecule has 0 spiro atoms. The fourth-order valence-electron chi connectivity index (χ4n) is 4.31. The Hall–Kier alpha value is -3.78. The van der Waals surface area contributed by atoms with Gasteiger partial charge in [-0.25, -0.2) is 14.4 Å². The molecule has 1 aliphatic rings. The highest BCUT2D eigenvalue weighted by atomic mass is 32.2. The van der Waals surface area contributed by atoms with Gasteiger partial charge in [0.05, 0.1) is 31.1 Å². The molecular formula is C28H35N4O8S2+. The van der Waals surface area contributed by atoms with Crippen molar-refractivity contribution in [3.63, 3.8) is 0 Å². The first-order chi connectivity index (χ1) is 19.9. The number of fused-ring (bicyclic) bond motifs is 1. The molecule has 12 nitrogen and oxygen atoms in total. The molecule has 4 rings (SSSR count). The third-order valence-corrected chi connectivity index (χ3v) is 8.82. The number of amides is 2. The molecule has 1 aliphatic heterocycles. The Balaban J connectivity index is 1.58. The molecule has 0 saturated heterocycles. The van der Waals surface area contributed by atoms with Crippen LogP contribution in [0.15, 0.2) is 38.6 Å². The molecule has 0 bridgehead atoms. The van der Waals surface area contributed by atoms with Gasteiger partial charge in [0, 0.05) is 23.6 Å². The lowest BCUT2D eigenvalue weighted by Gasteiger charge is -2.30. The van der Waals surface area contributed by atoms with E-state index in [9.17, 15) is 19.2 Å². The molecule has 0 aliphatic carbocycles. The molecule has 0 radical (unpaired) electrons. The lowest BCUT2D eigenvalue weighted by molar-refractivity contribution is -0.704. The lowest BCUT2D eigenvalue weighted by Crippen LogP contribution is -2.39. The van der Waals surface area contributed by atoms with E-state index in [0.29, 0.717) is 41.4 Å². The van der Waals surface area contributed by atoms with Crippen LogP contribution in [0.25, 0.3) is 5.69 Å². The van der Waals surface area contributed by atoms with E-state index in [4.69, 9.17) is 18.7 Å². The number of rotatable bonds is 9. The third-order valence-electron chi connectivity index (χ3n) is 6.28. The van der Waals surface area contributed by atoms with Crippen LogP contribution in [-0.4, -0.2) is 59.3 Å². The molecule has 2 amide bonds. The SMILES string of the molecule is CCOC(=O)c1c(NC(=O)C(CC)Sc2c(=O)o[nH][n+]2-c2ccc(OC)cc2)sc2c1CCN(C(=O)OC(C)(C)C)C2. The molecule has 14 heteroatoms. The number of nitrogens with zero attached hydrogens (tertiary/aromatic N) is 2. The van der Waals surface area contributed by atoms with Crippen LogP contribution in [0.1, 0.15) is 61.8 Å². The minimum atomic E-state index is -0.694. The second-order valence-corrected chi connectivity index (χ2v) is 12.7. The zero-order valence-electron chi connectivity index (χ0n) is 24.4. The molecule has 0 saturated carbocycles. The van der Waals surface area contributed by atoms with Gasteiger partial charge in [-0.3, -0.25) is 9.32 Å². The summed E-state index contributed by atoms with van der Waals surface area (Å²) in [5.41, 5.74) is 0.394. The number of methoxy groups -OCH3 is 1. The van der Waals surface area contributed by atoms with Crippen LogP contribution in [0.2, 0.25) is 0 Å². The summed E-state index contributed by atoms with van der Waals surface area (Å²) < 4.78 is 22.5. The van der Waals surface area contributed by atoms with Gasteiger partial charge in [-0.1, -0.05) is 6.92 Å². The number of anilines is 1. The number of ether oxygens (including phenoxy) is 3. The van der Waals surface area contributed by atoms with E-state index in [1.54, 1.807) is 64.0 Å². The van der Waals surface area contributed by atoms with Gasteiger partial charge in [-0.05, 0) is 79.9 Å². The number of thioether (sulfide) groups is 1. The van der Waals surface area contributed by atoms with Gasteiger partial charge in [-0.2, -0.15) is 0 Å². The number of nitrogens with one attached hydrogen (secondary N) is 2. The van der Waals surface area contributed by atoms with Crippen LogP contribution < -0.4 is 20.4 Å². The maximum atomic E-state index is 13.6. The van der Waals surface area contributed by atoms with E-state index in [0.717, 1.165) is 22.2 Å². The first-order valence-corrected chi connectivity index (χ1v) is 15.2. The number of thiophene rings is 1. The average molecular weight is 620 g/mol. The zero-order valence-corrected chi connectivity index (χ0v) is 26.0. The van der Waals surface area contributed by atoms with Crippen molar-refractivity contribution in [3.8, 4) is 11.4 Å². The Kier molecular flexibility index (Phi) is 9.67. The normalized spacial score (nSPS) is 13.7. The van der Waals surface area contributed by atoms with Crippen molar-refractivity contribution in [2.75, 3.05) is 25.6 Å². The summed E-state index contributed by atoms with van der Waals surface area (Å²) >= 11 is 2.28. The predicted octanol–water partition coefficient (Wildman–Crippen LogP) is 4.29. The summed E-state index contributed by atoms with van der Waals surface area (Å²) in [4.78, 5) is 54.2. The van der Waals surface area contributed by atoms with Crippen LogP contribution in [0, 0.1) is 0 Å². The highest BCUT2D eigenvalue weighted by Crippen LogP contribution is 2.38. The average Bonchev–Trinajstić information content (AvgIpc) is 3.49. The highest BCUT2D eigenvalue weighted by Gasteiger charge is 2.35. The summed E-state index contributed by atoms with van der Waals surface area (Å²) in [6.07, 6.45) is 0.353. The van der Waals surface area contributed by atoms with Crippen LogP contribution in [0.5, 0.6) is 5.75 Å². The monoisotopic (exact) mass is 619 g/mol. The van der Waals surface area contributed by atoms with Crippen LogP contribution in [0.4, 0.5) is 9.80 Å². The van der Waals surface area contributed by atoms with Crippen molar-refractivity contribution < 1.29 is 37.8 Å². The van der Waals surface area contributed by atoms with Crippen LogP contribution in [-0.2, 0) is 27.2 Å². The number of benzene rings is 1. The first-order valence-electron chi connectivity index (χ1n) is 13.5. The fraction of sp³-hybridized carbons (Fsp3) is 0.464. The standard InChI is InChI=1S/C28H34N4O8S2/c1-7-19(42-24-26(35)40-30-32(24)16-9-11-17(37-6)12-10-16)22(33)29-23-21(25(34)38-8-2)18-13-14-31(15-20(18)41-23)27(36)39-28(3,4)5/h9-12,19H,7-8,13-15H2,1-6H3,(H-,29,30,33,34,35)/p+1. The van der Waals surface area contributed by atoms with E-state index in [1.165, 1.54) is 16.0 Å². The molecule has 0 fully saturated rings. The van der Waals surface area contributed by atoms with Crippen LogP contribution in [0.3, 0.4) is 0 Å². The summed E-state index contributed by atoms with van der Waals surface area (Å²) in [6, 6.07) is 6.98. The Bertz CT molecular complexity index is 1500. The Morgan fingerprint density at radius 3 is 2.55 bits per heavy atom. The number of carbonyl (C=O) groups is 3. The summed E-state index contributed by atoms with van der Waals surface area (Å²) in [6.45, 7) is 9.72. The molecule has 1 unspecified atom stereocenters. The van der Waals surface area contributed by atoms with Crippen molar-refractivity contribution >= 4 is 46.1 Å². The summed E-state index contributed by atoms with van der Waals surface area (Å²) in [5.74, 6) is -0.284. The van der Waals surface area contributed by atoms with Crippen LogP contribution >= 0.6 is 23.1 Å². The van der Waals surface area contributed by atoms with Gasteiger partial charge in [-0.15, -0.1) is 11.3 Å². The largest absolute Gasteiger partial charge is 0.497 e. The van der Waals surface area contributed by atoms with Gasteiger partial charge >= 0.3 is 22.7 Å². The zero-order chi connectivity index (χ0) is 30.6. The third kappa shape index (κ3) is 6.98. The topological polar surface area (TPSA) is 144 Å². The van der Waals surface area contributed by atoms with E-state index in [2.05, 4.69) is 10.6 Å². The second-order valence-electron chi connectivity index (χ2n) is 10.4. The maximum absolute atomic E-state index is 13.6. The van der Waals surface area contributed by atoms with Crippen molar-refractivity contribution in [3.05, 3.63) is 50.7 Å². The quantitative estimate of drug-likeness (QED) is 0.204. The molecule has 226 valence electrons. The van der Waals surface area contributed by atoms with E-state index >= 15 is 0 Å². The molecule has 42 heavy (non-hydrogen) atoms. The lowest BCUT2D eigenvalue weighted by atomic mass is 10.0. The van der Waals surface area contributed by atoms with Gasteiger partial charge in [0.1, 0.15) is 16.4 Å². The Morgan fingerprint density at radius 1 is 1.21 bits per heavy atom. The number of H-pyrrole nitrogens is 1. The Morgan fingerprint density at radius 2 is 1.93 bits per heavy atom. The van der Waals surface area contributed by atoms with Crippen molar-refractivity contribution in [1.82, 2.24) is 10.2 Å². The van der Waals surface area contributed by atoms with Crippen molar-refractivity contribution in [1.29, 1.82) is 0 Å². The van der Waals surface area contributed by atoms with Crippen molar-refractivity contribution in [2.45, 2.75) is 69.9 Å². The minimum Gasteiger partial charge on any atom is -0.497 e. The number of esters is 1. The smallest absolute Gasteiger partial charge is 0.442 e. The first kappa shape index (κ1) is 31.2. The van der Waals surface area contributed by atoms with Gasteiger partial charge in [0.15, 0.2) is 0 Å². The molecule has 3 heterocycles. The van der Waals surface area contributed by atoms with Gasteiger partial charge in [0.25, 0.3) is 0 Å². The molecule has 1 aromatic carbocycles. The number of aromatic nitrogens is 2.